The third-order valence-electron chi connectivity index (χ3n) is 1.70. The molecule has 4 nitrogen and oxygen atoms in total. The molecule has 1 unspecified atom stereocenters. The van der Waals surface area contributed by atoms with E-state index in [1.165, 1.54) is 0 Å². The van der Waals surface area contributed by atoms with Crippen LogP contribution in [0.15, 0.2) is 16.9 Å². The van der Waals surface area contributed by atoms with Gasteiger partial charge in [0.05, 0.1) is 10.7 Å². The molecule has 0 aliphatic heterocycles. The Balaban J connectivity index is 2.67. The molecular formula is C8H12BrN3O. The second-order valence-corrected chi connectivity index (χ2v) is 3.62. The molecule has 1 rings (SSSR count). The molecule has 5 heteroatoms. The fourth-order valence-corrected chi connectivity index (χ4v) is 1.27. The summed E-state index contributed by atoms with van der Waals surface area (Å²) in [6.45, 7) is 4.35. The summed E-state index contributed by atoms with van der Waals surface area (Å²) in [6, 6.07) is -0.258. The Hall–Kier alpha value is -0.840. The summed E-state index contributed by atoms with van der Waals surface area (Å²) in [4.78, 5) is 11.4. The van der Waals surface area contributed by atoms with Crippen molar-refractivity contribution in [2.45, 2.75) is 19.9 Å². The minimum atomic E-state index is -0.258. The average Bonchev–Trinajstić information content (AvgIpc) is 2.51. The Morgan fingerprint density at radius 1 is 1.85 bits per heavy atom. The lowest BCUT2D eigenvalue weighted by atomic mass is 10.3. The van der Waals surface area contributed by atoms with Crippen molar-refractivity contribution in [3.8, 4) is 0 Å². The first kappa shape index (κ1) is 10.2. The zero-order valence-corrected chi connectivity index (χ0v) is 9.21. The summed E-state index contributed by atoms with van der Waals surface area (Å²) in [5, 5.41) is 6.77. The number of nitrogens with zero attached hydrogens (tertiary/aromatic N) is 2. The van der Waals surface area contributed by atoms with Crippen molar-refractivity contribution >= 4 is 21.8 Å². The lowest BCUT2D eigenvalue weighted by Gasteiger charge is -2.10. The fourth-order valence-electron chi connectivity index (χ4n) is 0.969. The number of halogens is 1. The van der Waals surface area contributed by atoms with Crippen LogP contribution in [0.4, 0.5) is 0 Å². The molecule has 0 spiro atoms. The number of likely N-dealkylation sites (N-methyl/N-ethyl adjacent to an activating group) is 1. The van der Waals surface area contributed by atoms with Crippen molar-refractivity contribution in [2.75, 3.05) is 6.54 Å². The first-order chi connectivity index (χ1) is 6.15. The maximum Gasteiger partial charge on any atom is 0.244 e. The van der Waals surface area contributed by atoms with Crippen LogP contribution in [-0.2, 0) is 4.79 Å². The van der Waals surface area contributed by atoms with Crippen LogP contribution in [-0.4, -0.2) is 22.2 Å². The van der Waals surface area contributed by atoms with Crippen molar-refractivity contribution in [3.63, 3.8) is 0 Å². The highest BCUT2D eigenvalue weighted by Crippen LogP contribution is 2.11. The highest BCUT2D eigenvalue weighted by atomic mass is 79.9. The molecule has 1 amide bonds. The number of rotatable bonds is 3. The van der Waals surface area contributed by atoms with Gasteiger partial charge in [-0.05, 0) is 29.8 Å². The molecule has 0 saturated carbocycles. The predicted octanol–water partition coefficient (Wildman–Crippen LogP) is 1.34. The average molecular weight is 246 g/mol. The topological polar surface area (TPSA) is 46.9 Å². The second-order valence-electron chi connectivity index (χ2n) is 2.71. The van der Waals surface area contributed by atoms with Crippen LogP contribution in [0.5, 0.6) is 0 Å². The van der Waals surface area contributed by atoms with E-state index >= 15 is 0 Å². The highest BCUT2D eigenvalue weighted by Gasteiger charge is 2.13. The van der Waals surface area contributed by atoms with Crippen molar-refractivity contribution in [1.29, 1.82) is 0 Å². The minimum absolute atomic E-state index is 0.0156. The number of hydrogen-bond donors (Lipinski definition) is 1. The second kappa shape index (κ2) is 4.41. The van der Waals surface area contributed by atoms with E-state index in [2.05, 4.69) is 26.3 Å². The zero-order valence-electron chi connectivity index (χ0n) is 7.62. The molecule has 0 saturated heterocycles. The SMILES string of the molecule is CCNC(=O)C(C)n1cc(Br)cn1. The smallest absolute Gasteiger partial charge is 0.244 e. The molecule has 0 bridgehead atoms. The van der Waals surface area contributed by atoms with Gasteiger partial charge in [0.2, 0.25) is 5.91 Å². The molecule has 0 radical (unpaired) electrons. The van der Waals surface area contributed by atoms with Gasteiger partial charge in [-0.25, -0.2) is 0 Å². The molecule has 72 valence electrons. The van der Waals surface area contributed by atoms with Crippen LogP contribution in [0.2, 0.25) is 0 Å². The number of carbonyl (C=O) groups excluding carboxylic acids is 1. The summed E-state index contributed by atoms with van der Waals surface area (Å²) < 4.78 is 2.50. The Labute approximate surface area is 85.4 Å². The molecule has 13 heavy (non-hydrogen) atoms. The van der Waals surface area contributed by atoms with Gasteiger partial charge in [0.15, 0.2) is 0 Å². The van der Waals surface area contributed by atoms with Crippen molar-refractivity contribution in [1.82, 2.24) is 15.1 Å². The fraction of sp³-hybridized carbons (Fsp3) is 0.500. The van der Waals surface area contributed by atoms with Gasteiger partial charge >= 0.3 is 0 Å². The third kappa shape index (κ3) is 2.55. The van der Waals surface area contributed by atoms with E-state index in [1.54, 1.807) is 17.1 Å². The number of aromatic nitrogens is 2. The first-order valence-corrected chi connectivity index (χ1v) is 4.91. The lowest BCUT2D eigenvalue weighted by molar-refractivity contribution is -0.124. The van der Waals surface area contributed by atoms with E-state index in [4.69, 9.17) is 0 Å². The van der Waals surface area contributed by atoms with Crippen LogP contribution in [0.3, 0.4) is 0 Å². The number of amides is 1. The highest BCUT2D eigenvalue weighted by molar-refractivity contribution is 9.10. The Morgan fingerprint density at radius 3 is 3.00 bits per heavy atom. The molecule has 1 N–H and O–H groups in total. The maximum atomic E-state index is 11.4. The number of nitrogens with one attached hydrogen (secondary N) is 1. The molecule has 0 aliphatic rings. The van der Waals surface area contributed by atoms with E-state index in [1.807, 2.05) is 13.8 Å². The van der Waals surface area contributed by atoms with Crippen LogP contribution in [0.25, 0.3) is 0 Å². The van der Waals surface area contributed by atoms with Gasteiger partial charge < -0.3 is 5.32 Å². The molecule has 0 fully saturated rings. The number of hydrogen-bond acceptors (Lipinski definition) is 2. The van der Waals surface area contributed by atoms with E-state index in [0.29, 0.717) is 6.54 Å². The largest absolute Gasteiger partial charge is 0.355 e. The van der Waals surface area contributed by atoms with Gasteiger partial charge in [0, 0.05) is 12.7 Å². The standard InChI is InChI=1S/C8H12BrN3O/c1-3-10-8(13)6(2)12-5-7(9)4-11-12/h4-6H,3H2,1-2H3,(H,10,13). The monoisotopic (exact) mass is 245 g/mol. The van der Waals surface area contributed by atoms with Crippen LogP contribution in [0, 0.1) is 0 Å². The van der Waals surface area contributed by atoms with E-state index in [0.717, 1.165) is 4.47 Å². The van der Waals surface area contributed by atoms with Gasteiger partial charge in [-0.3, -0.25) is 9.48 Å². The van der Waals surface area contributed by atoms with E-state index < -0.39 is 0 Å². The third-order valence-corrected chi connectivity index (χ3v) is 2.11. The zero-order chi connectivity index (χ0) is 9.84. The van der Waals surface area contributed by atoms with Gasteiger partial charge in [-0.15, -0.1) is 0 Å². The maximum absolute atomic E-state index is 11.4. The molecule has 1 atom stereocenters. The van der Waals surface area contributed by atoms with Gasteiger partial charge in [-0.2, -0.15) is 5.10 Å². The van der Waals surface area contributed by atoms with Crippen LogP contribution < -0.4 is 5.32 Å². The predicted molar refractivity (Wildman–Crippen MR) is 53.3 cm³/mol. The van der Waals surface area contributed by atoms with E-state index in [-0.39, 0.29) is 11.9 Å². The van der Waals surface area contributed by atoms with Gasteiger partial charge in [0.1, 0.15) is 6.04 Å². The summed E-state index contributed by atoms with van der Waals surface area (Å²) in [7, 11) is 0. The quantitative estimate of drug-likeness (QED) is 0.874. The number of carbonyl (C=O) groups is 1. The van der Waals surface area contributed by atoms with Gasteiger partial charge in [-0.1, -0.05) is 0 Å². The summed E-state index contributed by atoms with van der Waals surface area (Å²) >= 11 is 3.27. The van der Waals surface area contributed by atoms with E-state index in [9.17, 15) is 4.79 Å². The summed E-state index contributed by atoms with van der Waals surface area (Å²) in [6.07, 6.45) is 3.44. The first-order valence-electron chi connectivity index (χ1n) is 4.12. The molecule has 1 aromatic heterocycles. The lowest BCUT2D eigenvalue weighted by Crippen LogP contribution is -2.30. The summed E-state index contributed by atoms with van der Waals surface area (Å²) in [5.74, 6) is -0.0156. The summed E-state index contributed by atoms with van der Waals surface area (Å²) in [5.41, 5.74) is 0. The molecule has 0 aromatic carbocycles. The normalized spacial score (nSPS) is 12.5. The van der Waals surface area contributed by atoms with Crippen LogP contribution in [0.1, 0.15) is 19.9 Å². The Bertz CT molecular complexity index is 297. The van der Waals surface area contributed by atoms with Crippen molar-refractivity contribution in [2.24, 2.45) is 0 Å². The van der Waals surface area contributed by atoms with Crippen molar-refractivity contribution in [3.05, 3.63) is 16.9 Å². The molecule has 0 aliphatic carbocycles. The Kier molecular flexibility index (Phi) is 3.48. The van der Waals surface area contributed by atoms with Crippen LogP contribution >= 0.6 is 15.9 Å². The molecular weight excluding hydrogens is 234 g/mol. The minimum Gasteiger partial charge on any atom is -0.355 e. The molecule has 1 aromatic rings. The molecule has 1 heterocycles. The van der Waals surface area contributed by atoms with Gasteiger partial charge in [0.25, 0.3) is 0 Å². The Morgan fingerprint density at radius 2 is 2.54 bits per heavy atom. The van der Waals surface area contributed by atoms with Crippen molar-refractivity contribution < 1.29 is 4.79 Å².